The summed E-state index contributed by atoms with van der Waals surface area (Å²) in [6, 6.07) is 0. The van der Waals surface area contributed by atoms with Crippen LogP contribution in [0.15, 0.2) is 24.3 Å². The highest BCUT2D eigenvalue weighted by Crippen LogP contribution is 2.51. The molecule has 0 aromatic carbocycles. The van der Waals surface area contributed by atoms with Gasteiger partial charge in [-0.25, -0.2) is 4.79 Å². The minimum Gasteiger partial charge on any atom is -0.481 e. The van der Waals surface area contributed by atoms with Gasteiger partial charge >= 0.3 is 23.9 Å². The van der Waals surface area contributed by atoms with E-state index in [9.17, 15) is 19.2 Å². The van der Waals surface area contributed by atoms with Crippen LogP contribution >= 0.6 is 0 Å². The average molecular weight is 422 g/mol. The largest absolute Gasteiger partial charge is 0.481 e. The Bertz CT molecular complexity index is 757. The molecule has 7 atom stereocenters. The van der Waals surface area contributed by atoms with Gasteiger partial charge in [0.15, 0.2) is 6.10 Å². The maximum atomic E-state index is 11.5. The predicted octanol–water partition coefficient (Wildman–Crippen LogP) is 1.32. The molecule has 4 aliphatic carbocycles. The number of esters is 1. The molecule has 0 aromatic rings. The van der Waals surface area contributed by atoms with Crippen molar-refractivity contribution in [2.24, 2.45) is 35.0 Å². The van der Waals surface area contributed by atoms with Crippen LogP contribution in [0.4, 0.5) is 0 Å². The Hall–Kier alpha value is -2.68. The molecule has 2 fully saturated rings. The van der Waals surface area contributed by atoms with Crippen molar-refractivity contribution in [3.8, 4) is 0 Å². The zero-order valence-electron chi connectivity index (χ0n) is 16.3. The standard InChI is InChI=1S/C12H16O5.C9H10O4/c13-9(11(15)16)7-17-10(14)6-12-3-1-8(5-12)2-4-12;10-8(11)6-4-1-2-5(3-4)7(6)9(12)13/h1,3,8-9,13H,2,4-7H2,(H,15,16);1-2,4-7H,3H2,(H,10,11)(H,12,13). The summed E-state index contributed by atoms with van der Waals surface area (Å²) >= 11 is 0. The Balaban J connectivity index is 0.000000177. The van der Waals surface area contributed by atoms with E-state index in [1.165, 1.54) is 0 Å². The maximum Gasteiger partial charge on any atom is 0.336 e. The summed E-state index contributed by atoms with van der Waals surface area (Å²) in [5, 5.41) is 35.1. The summed E-state index contributed by atoms with van der Waals surface area (Å²) in [4.78, 5) is 43.5. The van der Waals surface area contributed by atoms with Crippen LogP contribution in [0.2, 0.25) is 0 Å². The number of aliphatic hydroxyl groups is 1. The molecule has 9 nitrogen and oxygen atoms in total. The van der Waals surface area contributed by atoms with E-state index in [1.807, 2.05) is 12.2 Å². The number of fused-ring (bicyclic) bond motifs is 4. The fourth-order valence-corrected chi connectivity index (χ4v) is 5.15. The molecule has 0 aromatic heterocycles. The topological polar surface area (TPSA) is 158 Å². The predicted molar refractivity (Wildman–Crippen MR) is 101 cm³/mol. The van der Waals surface area contributed by atoms with Crippen molar-refractivity contribution in [2.45, 2.75) is 38.2 Å². The molecule has 0 radical (unpaired) electrons. The van der Waals surface area contributed by atoms with Crippen LogP contribution in [-0.4, -0.2) is 57.0 Å². The van der Waals surface area contributed by atoms with Crippen LogP contribution in [0, 0.1) is 35.0 Å². The van der Waals surface area contributed by atoms with Gasteiger partial charge in [0, 0.05) is 0 Å². The lowest BCUT2D eigenvalue weighted by atomic mass is 9.83. The van der Waals surface area contributed by atoms with Crippen LogP contribution < -0.4 is 0 Å². The van der Waals surface area contributed by atoms with Gasteiger partial charge in [-0.1, -0.05) is 24.3 Å². The first-order valence-electron chi connectivity index (χ1n) is 10.0. The normalized spacial score (nSPS) is 35.6. The zero-order chi connectivity index (χ0) is 22.1. The molecule has 4 bridgehead atoms. The quantitative estimate of drug-likeness (QED) is 0.350. The molecule has 0 spiro atoms. The lowest BCUT2D eigenvalue weighted by Gasteiger charge is -2.22. The van der Waals surface area contributed by atoms with Gasteiger partial charge in [0.2, 0.25) is 0 Å². The molecule has 4 rings (SSSR count). The van der Waals surface area contributed by atoms with E-state index < -0.39 is 48.4 Å². The van der Waals surface area contributed by atoms with Crippen molar-refractivity contribution >= 4 is 23.9 Å². The third-order valence-electron chi connectivity index (χ3n) is 6.62. The SMILES string of the molecule is O=C(CC12C=CC(CC1)C2)OCC(O)C(=O)O.O=C(O)C1C2C=CC(C2)C1C(=O)O. The van der Waals surface area contributed by atoms with Crippen LogP contribution in [0.5, 0.6) is 0 Å². The Morgan fingerprint density at radius 3 is 2.00 bits per heavy atom. The van der Waals surface area contributed by atoms with E-state index in [-0.39, 0.29) is 23.7 Å². The smallest absolute Gasteiger partial charge is 0.336 e. The number of rotatable bonds is 7. The van der Waals surface area contributed by atoms with Gasteiger partial charge in [-0.3, -0.25) is 14.4 Å². The van der Waals surface area contributed by atoms with Gasteiger partial charge in [0.25, 0.3) is 0 Å². The summed E-state index contributed by atoms with van der Waals surface area (Å²) in [5.74, 6) is -4.75. The van der Waals surface area contributed by atoms with Crippen LogP contribution in [0.3, 0.4) is 0 Å². The van der Waals surface area contributed by atoms with Gasteiger partial charge in [0.1, 0.15) is 6.61 Å². The molecule has 0 saturated heterocycles. The number of hydrogen-bond acceptors (Lipinski definition) is 6. The number of carboxylic acids is 3. The molecular formula is C21H26O9. The average Bonchev–Trinajstić information content (AvgIpc) is 3.45. The zero-order valence-corrected chi connectivity index (χ0v) is 16.3. The summed E-state index contributed by atoms with van der Waals surface area (Å²) in [6.07, 6.45) is 10.3. The van der Waals surface area contributed by atoms with Crippen molar-refractivity contribution in [2.75, 3.05) is 6.61 Å². The number of carbonyl (C=O) groups is 4. The molecule has 9 heteroatoms. The molecule has 0 aliphatic heterocycles. The fraction of sp³-hybridized carbons (Fsp3) is 0.619. The number of ether oxygens (including phenoxy) is 1. The first-order chi connectivity index (χ1) is 14.1. The summed E-state index contributed by atoms with van der Waals surface area (Å²) in [5.41, 5.74) is -0.0735. The number of carboxylic acid groups (broad SMARTS) is 3. The fourth-order valence-electron chi connectivity index (χ4n) is 5.15. The van der Waals surface area contributed by atoms with Gasteiger partial charge < -0.3 is 25.2 Å². The van der Waals surface area contributed by atoms with E-state index in [4.69, 9.17) is 25.2 Å². The van der Waals surface area contributed by atoms with Crippen molar-refractivity contribution in [1.29, 1.82) is 0 Å². The van der Waals surface area contributed by atoms with E-state index in [0.29, 0.717) is 12.3 Å². The number of allylic oxidation sites excluding steroid dienone is 4. The van der Waals surface area contributed by atoms with E-state index >= 15 is 0 Å². The second-order valence-corrected chi connectivity index (χ2v) is 8.61. The minimum absolute atomic E-state index is 0.0661. The Morgan fingerprint density at radius 2 is 1.60 bits per heavy atom. The second kappa shape index (κ2) is 8.59. The molecular weight excluding hydrogens is 396 g/mol. The third kappa shape index (κ3) is 4.56. The van der Waals surface area contributed by atoms with Gasteiger partial charge in [-0.15, -0.1) is 0 Å². The molecule has 0 heterocycles. The molecule has 4 N–H and O–H groups in total. The Kier molecular flexibility index (Phi) is 6.30. The number of hydrogen-bond donors (Lipinski definition) is 4. The lowest BCUT2D eigenvalue weighted by Crippen LogP contribution is -2.32. The molecule has 4 aliphatic rings. The van der Waals surface area contributed by atoms with Crippen LogP contribution in [-0.2, 0) is 23.9 Å². The van der Waals surface area contributed by atoms with Crippen LogP contribution in [0.25, 0.3) is 0 Å². The molecule has 30 heavy (non-hydrogen) atoms. The third-order valence-corrected chi connectivity index (χ3v) is 6.62. The van der Waals surface area contributed by atoms with E-state index in [1.54, 1.807) is 0 Å². The van der Waals surface area contributed by atoms with Crippen molar-refractivity contribution in [3.63, 3.8) is 0 Å². The highest BCUT2D eigenvalue weighted by molar-refractivity contribution is 5.82. The van der Waals surface area contributed by atoms with Crippen molar-refractivity contribution in [1.82, 2.24) is 0 Å². The van der Waals surface area contributed by atoms with Crippen LogP contribution in [0.1, 0.15) is 32.1 Å². The maximum absolute atomic E-state index is 11.5. The molecule has 2 saturated carbocycles. The van der Waals surface area contributed by atoms with Gasteiger partial charge in [0.05, 0.1) is 18.3 Å². The Labute approximate surface area is 173 Å². The number of carbonyl (C=O) groups excluding carboxylic acids is 1. The van der Waals surface area contributed by atoms with Crippen molar-refractivity contribution < 1.29 is 44.3 Å². The minimum atomic E-state index is -1.63. The second-order valence-electron chi connectivity index (χ2n) is 8.61. The first kappa shape index (κ1) is 22.0. The monoisotopic (exact) mass is 422 g/mol. The van der Waals surface area contributed by atoms with E-state index in [0.717, 1.165) is 19.3 Å². The number of aliphatic hydroxyl groups excluding tert-OH is 1. The summed E-state index contributed by atoms with van der Waals surface area (Å²) in [6.45, 7) is -0.475. The lowest BCUT2D eigenvalue weighted by molar-refractivity contribution is -0.157. The Morgan fingerprint density at radius 1 is 1.00 bits per heavy atom. The first-order valence-corrected chi connectivity index (χ1v) is 10.0. The van der Waals surface area contributed by atoms with Gasteiger partial charge in [-0.05, 0) is 48.9 Å². The highest BCUT2D eigenvalue weighted by Gasteiger charge is 2.51. The van der Waals surface area contributed by atoms with Gasteiger partial charge in [-0.2, -0.15) is 0 Å². The molecule has 0 amide bonds. The molecule has 7 unspecified atom stereocenters. The summed E-state index contributed by atoms with van der Waals surface area (Å²) in [7, 11) is 0. The number of aliphatic carboxylic acids is 3. The molecule has 164 valence electrons. The van der Waals surface area contributed by atoms with E-state index in [2.05, 4.69) is 12.2 Å². The van der Waals surface area contributed by atoms with Crippen molar-refractivity contribution in [3.05, 3.63) is 24.3 Å². The summed E-state index contributed by atoms with van der Waals surface area (Å²) < 4.78 is 4.77. The highest BCUT2D eigenvalue weighted by atomic mass is 16.5.